The van der Waals surface area contributed by atoms with Crippen LogP contribution < -0.4 is 10.9 Å². The minimum Gasteiger partial charge on any atom is -0.301 e. The van der Waals surface area contributed by atoms with Crippen LogP contribution in [-0.2, 0) is 11.3 Å². The third-order valence-electron chi connectivity index (χ3n) is 4.01. The molecule has 0 aliphatic rings. The van der Waals surface area contributed by atoms with Crippen molar-refractivity contribution in [3.8, 4) is 0 Å². The number of thioether (sulfide) groups is 1. The average molecular weight is 409 g/mol. The van der Waals surface area contributed by atoms with E-state index >= 15 is 0 Å². The number of rotatable bonds is 6. The summed E-state index contributed by atoms with van der Waals surface area (Å²) in [5.41, 5.74) is 1.33. The average Bonchev–Trinajstić information content (AvgIpc) is 3.11. The lowest BCUT2D eigenvalue weighted by Crippen LogP contribution is -2.23. The van der Waals surface area contributed by atoms with Crippen LogP contribution >= 0.6 is 23.1 Å². The van der Waals surface area contributed by atoms with Crippen LogP contribution in [0.25, 0.3) is 21.1 Å². The Kier molecular flexibility index (Phi) is 5.23. The molecular weight excluding hydrogens is 392 g/mol. The van der Waals surface area contributed by atoms with Crippen molar-refractivity contribution in [1.82, 2.24) is 14.5 Å². The number of nitrogens with one attached hydrogen (secondary N) is 1. The maximum absolute atomic E-state index is 12.7. The molecule has 0 saturated heterocycles. The first-order valence-corrected chi connectivity index (χ1v) is 10.3. The monoisotopic (exact) mass is 408 g/mol. The highest BCUT2D eigenvalue weighted by Gasteiger charge is 2.13. The quantitative estimate of drug-likeness (QED) is 0.297. The van der Waals surface area contributed by atoms with Crippen molar-refractivity contribution in [2.75, 3.05) is 11.1 Å². The molecule has 0 radical (unpaired) electrons. The fourth-order valence-electron chi connectivity index (χ4n) is 2.76. The number of amides is 1. The zero-order valence-corrected chi connectivity index (χ0v) is 16.4. The van der Waals surface area contributed by atoms with Gasteiger partial charge in [-0.25, -0.2) is 9.97 Å². The van der Waals surface area contributed by atoms with E-state index in [1.807, 2.05) is 36.4 Å². The Morgan fingerprint density at radius 1 is 1.14 bits per heavy atom. The number of hydrogen-bond acceptors (Lipinski definition) is 6. The number of benzene rings is 2. The first-order valence-electron chi connectivity index (χ1n) is 8.54. The number of thiazole rings is 1. The van der Waals surface area contributed by atoms with Crippen LogP contribution in [0.1, 0.15) is 0 Å². The molecular formula is C20H16N4O2S2. The maximum atomic E-state index is 12.7. The molecule has 4 rings (SSSR count). The van der Waals surface area contributed by atoms with E-state index in [-0.39, 0.29) is 17.2 Å². The number of anilines is 1. The topological polar surface area (TPSA) is 76.9 Å². The minimum atomic E-state index is -0.198. The Bertz CT molecular complexity index is 1210. The molecule has 0 atom stereocenters. The summed E-state index contributed by atoms with van der Waals surface area (Å²) in [6, 6.07) is 14.9. The predicted octanol–water partition coefficient (Wildman–Crippen LogP) is 3.92. The van der Waals surface area contributed by atoms with E-state index < -0.39 is 0 Å². The Balaban J connectivity index is 1.54. The van der Waals surface area contributed by atoms with Gasteiger partial charge in [-0.1, -0.05) is 53.4 Å². The minimum absolute atomic E-state index is 0.123. The van der Waals surface area contributed by atoms with Gasteiger partial charge in [0.1, 0.15) is 0 Å². The summed E-state index contributed by atoms with van der Waals surface area (Å²) in [6.45, 7) is 4.04. The van der Waals surface area contributed by atoms with E-state index in [9.17, 15) is 9.59 Å². The summed E-state index contributed by atoms with van der Waals surface area (Å²) in [5.74, 6) is -0.0747. The number of carbonyl (C=O) groups is 1. The molecule has 2 heterocycles. The lowest BCUT2D eigenvalue weighted by molar-refractivity contribution is -0.113. The number of hydrogen-bond donors (Lipinski definition) is 1. The first kappa shape index (κ1) is 18.4. The van der Waals surface area contributed by atoms with Gasteiger partial charge in [0.25, 0.3) is 5.56 Å². The number of para-hydroxylation sites is 2. The molecule has 0 spiro atoms. The van der Waals surface area contributed by atoms with Gasteiger partial charge in [-0.15, -0.1) is 6.58 Å². The summed E-state index contributed by atoms with van der Waals surface area (Å²) >= 11 is 2.65. The fourth-order valence-corrected chi connectivity index (χ4v) is 4.45. The number of allylic oxidation sites excluding steroid dienone is 1. The van der Waals surface area contributed by atoms with Crippen LogP contribution in [0.2, 0.25) is 0 Å². The molecule has 0 saturated carbocycles. The van der Waals surface area contributed by atoms with Gasteiger partial charge in [0, 0.05) is 6.54 Å². The number of carbonyl (C=O) groups excluding carboxylic acids is 1. The molecule has 1 N–H and O–H groups in total. The highest BCUT2D eigenvalue weighted by Crippen LogP contribution is 2.26. The molecule has 0 unspecified atom stereocenters. The molecule has 0 aliphatic heterocycles. The number of fused-ring (bicyclic) bond motifs is 2. The molecule has 0 bridgehead atoms. The lowest BCUT2D eigenvalue weighted by Gasteiger charge is -2.11. The smallest absolute Gasteiger partial charge is 0.262 e. The summed E-state index contributed by atoms with van der Waals surface area (Å²) in [6.07, 6.45) is 1.64. The molecule has 140 valence electrons. The van der Waals surface area contributed by atoms with Crippen LogP contribution in [0.15, 0.2) is 71.1 Å². The van der Waals surface area contributed by atoms with Gasteiger partial charge in [-0.05, 0) is 24.3 Å². The van der Waals surface area contributed by atoms with E-state index in [0.717, 1.165) is 10.2 Å². The number of nitrogens with zero attached hydrogens (tertiary/aromatic N) is 3. The van der Waals surface area contributed by atoms with Crippen molar-refractivity contribution in [2.45, 2.75) is 11.7 Å². The molecule has 4 aromatic rings. The number of aromatic nitrogens is 3. The van der Waals surface area contributed by atoms with Gasteiger partial charge in [-0.3, -0.25) is 14.2 Å². The lowest BCUT2D eigenvalue weighted by atomic mass is 10.2. The highest BCUT2D eigenvalue weighted by atomic mass is 32.2. The van der Waals surface area contributed by atoms with Crippen LogP contribution in [0.3, 0.4) is 0 Å². The summed E-state index contributed by atoms with van der Waals surface area (Å²) in [7, 11) is 0. The third-order valence-corrected chi connectivity index (χ3v) is 5.94. The highest BCUT2D eigenvalue weighted by molar-refractivity contribution is 7.99. The van der Waals surface area contributed by atoms with Crippen molar-refractivity contribution in [2.24, 2.45) is 0 Å². The molecule has 0 aliphatic carbocycles. The van der Waals surface area contributed by atoms with Crippen LogP contribution in [0.5, 0.6) is 0 Å². The van der Waals surface area contributed by atoms with Crippen molar-refractivity contribution in [3.05, 3.63) is 71.5 Å². The van der Waals surface area contributed by atoms with E-state index in [0.29, 0.717) is 27.7 Å². The Morgan fingerprint density at radius 2 is 1.89 bits per heavy atom. The molecule has 2 aromatic carbocycles. The largest absolute Gasteiger partial charge is 0.301 e. The molecule has 8 heteroatoms. The van der Waals surface area contributed by atoms with Gasteiger partial charge in [0.05, 0.1) is 26.9 Å². The third kappa shape index (κ3) is 3.69. The van der Waals surface area contributed by atoms with Crippen molar-refractivity contribution in [3.63, 3.8) is 0 Å². The van der Waals surface area contributed by atoms with E-state index in [2.05, 4.69) is 21.9 Å². The molecule has 2 aromatic heterocycles. The van der Waals surface area contributed by atoms with E-state index in [1.54, 1.807) is 18.2 Å². The van der Waals surface area contributed by atoms with Crippen molar-refractivity contribution in [1.29, 1.82) is 0 Å². The summed E-state index contributed by atoms with van der Waals surface area (Å²) in [5, 5.41) is 4.41. The molecule has 1 amide bonds. The zero-order chi connectivity index (χ0) is 19.5. The van der Waals surface area contributed by atoms with E-state index in [4.69, 9.17) is 0 Å². The van der Waals surface area contributed by atoms with Crippen LogP contribution in [0.4, 0.5) is 5.13 Å². The van der Waals surface area contributed by atoms with Crippen LogP contribution in [0, 0.1) is 0 Å². The van der Waals surface area contributed by atoms with Crippen molar-refractivity contribution >= 4 is 55.3 Å². The normalized spacial score (nSPS) is 11.0. The Hall–Kier alpha value is -2.97. The molecule has 28 heavy (non-hydrogen) atoms. The van der Waals surface area contributed by atoms with Gasteiger partial charge in [-0.2, -0.15) is 0 Å². The van der Waals surface area contributed by atoms with Gasteiger partial charge in [0.2, 0.25) is 5.91 Å². The Labute approximate surface area is 168 Å². The van der Waals surface area contributed by atoms with Gasteiger partial charge in [0.15, 0.2) is 10.3 Å². The summed E-state index contributed by atoms with van der Waals surface area (Å²) in [4.78, 5) is 34.1. The standard InChI is InChI=1S/C20H16N4O2S2/c1-2-11-24-18(26)13-7-3-4-8-14(13)22-20(24)27-12-17(25)23-19-21-15-9-5-6-10-16(15)28-19/h2-10H,1,11-12H2,(H,21,23,25). The second-order valence-corrected chi connectivity index (χ2v) is 7.91. The SMILES string of the molecule is C=CCn1c(SCC(=O)Nc2nc3ccccc3s2)nc2ccccc2c1=O. The Morgan fingerprint density at radius 3 is 2.68 bits per heavy atom. The molecule has 6 nitrogen and oxygen atoms in total. The predicted molar refractivity (Wildman–Crippen MR) is 115 cm³/mol. The molecule has 0 fully saturated rings. The van der Waals surface area contributed by atoms with Crippen LogP contribution in [-0.4, -0.2) is 26.2 Å². The van der Waals surface area contributed by atoms with Crippen molar-refractivity contribution < 1.29 is 4.79 Å². The second kappa shape index (κ2) is 7.95. The maximum Gasteiger partial charge on any atom is 0.262 e. The van der Waals surface area contributed by atoms with Gasteiger partial charge >= 0.3 is 0 Å². The zero-order valence-electron chi connectivity index (χ0n) is 14.8. The van der Waals surface area contributed by atoms with E-state index in [1.165, 1.54) is 27.7 Å². The second-order valence-electron chi connectivity index (χ2n) is 5.94. The fraction of sp³-hybridized carbons (Fsp3) is 0.100. The summed E-state index contributed by atoms with van der Waals surface area (Å²) < 4.78 is 2.55. The first-order chi connectivity index (χ1) is 13.7. The van der Waals surface area contributed by atoms with Gasteiger partial charge < -0.3 is 5.32 Å².